The van der Waals surface area contributed by atoms with Crippen molar-refractivity contribution in [2.24, 2.45) is 0 Å². The highest BCUT2D eigenvalue weighted by molar-refractivity contribution is 5.91. The molecule has 37 heavy (non-hydrogen) atoms. The lowest BCUT2D eigenvalue weighted by atomic mass is 10.0. The lowest BCUT2D eigenvalue weighted by molar-refractivity contribution is -0.274. The van der Waals surface area contributed by atoms with Crippen molar-refractivity contribution in [1.29, 1.82) is 0 Å². The van der Waals surface area contributed by atoms with E-state index in [0.29, 0.717) is 6.07 Å². The maximum atomic E-state index is 13.5. The van der Waals surface area contributed by atoms with E-state index < -0.39 is 35.4 Å². The normalized spacial score (nSPS) is 11.7. The van der Waals surface area contributed by atoms with Crippen molar-refractivity contribution in [2.75, 3.05) is 14.2 Å². The number of rotatable bonds is 6. The number of carbonyl (C=O) groups excluding carboxylic acids is 1. The molecule has 1 aromatic carbocycles. The number of nitrogens with one attached hydrogen (secondary N) is 1. The van der Waals surface area contributed by atoms with Crippen LogP contribution in [0.4, 0.5) is 26.3 Å². The molecule has 0 radical (unpaired) electrons. The zero-order valence-corrected chi connectivity index (χ0v) is 19.6. The maximum absolute atomic E-state index is 13.5. The molecule has 0 fully saturated rings. The molecule has 0 saturated carbocycles. The lowest BCUT2D eigenvalue weighted by Gasteiger charge is -2.18. The van der Waals surface area contributed by atoms with Gasteiger partial charge in [0.15, 0.2) is 22.7 Å². The number of hydrogen-bond acceptors (Lipinski definition) is 7. The summed E-state index contributed by atoms with van der Waals surface area (Å²) in [5.74, 6) is -2.31. The van der Waals surface area contributed by atoms with E-state index in [-0.39, 0.29) is 46.8 Å². The molecule has 0 amide bonds. The van der Waals surface area contributed by atoms with Crippen LogP contribution in [0, 0.1) is 13.8 Å². The van der Waals surface area contributed by atoms with Gasteiger partial charge in [-0.2, -0.15) is 13.2 Å². The van der Waals surface area contributed by atoms with Crippen molar-refractivity contribution in [2.45, 2.75) is 26.4 Å². The van der Waals surface area contributed by atoms with Crippen LogP contribution in [0.1, 0.15) is 28.7 Å². The van der Waals surface area contributed by atoms with Crippen LogP contribution >= 0.6 is 0 Å². The van der Waals surface area contributed by atoms with E-state index in [9.17, 15) is 35.9 Å². The second kappa shape index (κ2) is 10.0. The summed E-state index contributed by atoms with van der Waals surface area (Å²) in [4.78, 5) is 31.0. The number of carbonyl (C=O) groups is 1. The van der Waals surface area contributed by atoms with Gasteiger partial charge in [-0.15, -0.1) is 13.2 Å². The molecule has 8 nitrogen and oxygen atoms in total. The number of nitrogens with zero attached hydrogens (tertiary/aromatic N) is 1. The van der Waals surface area contributed by atoms with E-state index in [1.54, 1.807) is 0 Å². The summed E-state index contributed by atoms with van der Waals surface area (Å²) in [6.07, 6.45) is -9.11. The van der Waals surface area contributed by atoms with Crippen LogP contribution in [0.3, 0.4) is 0 Å². The fraction of sp³-hybridized carbons (Fsp3) is 0.261. The highest BCUT2D eigenvalue weighted by Crippen LogP contribution is 2.41. The number of halogens is 6. The number of aromatic amines is 1. The lowest BCUT2D eigenvalue weighted by Crippen LogP contribution is -2.22. The number of pyridine rings is 2. The van der Waals surface area contributed by atoms with Gasteiger partial charge in [0, 0.05) is 24.3 Å². The molecule has 0 aliphatic carbocycles. The third kappa shape index (κ3) is 5.95. The van der Waals surface area contributed by atoms with Gasteiger partial charge in [0.2, 0.25) is 0 Å². The molecule has 0 saturated heterocycles. The zero-order chi connectivity index (χ0) is 27.7. The third-order valence-electron chi connectivity index (χ3n) is 5.04. The van der Waals surface area contributed by atoms with Gasteiger partial charge in [-0.05, 0) is 32.0 Å². The molecule has 14 heteroatoms. The minimum absolute atomic E-state index is 0. The molecule has 0 aliphatic heterocycles. The SMILES string of the molecule is COC(=O)c1c(C)[nH]c(-c2cc(C(F)(F)F)ncc2Oc2ccc(OC(F)(F)F)cc2OC)c(C)c1=O.[HH]. The average Bonchev–Trinajstić information content (AvgIpc) is 2.80. The van der Waals surface area contributed by atoms with E-state index in [1.807, 2.05) is 0 Å². The number of hydrogen-bond donors (Lipinski definition) is 1. The predicted octanol–water partition coefficient (Wildman–Crippen LogP) is 5.80. The number of H-pyrrole nitrogens is 1. The Morgan fingerprint density at radius 1 is 1.00 bits per heavy atom. The number of esters is 1. The Kier molecular flexibility index (Phi) is 7.41. The molecular weight excluding hydrogens is 514 g/mol. The molecule has 3 rings (SSSR count). The largest absolute Gasteiger partial charge is 0.573 e. The summed E-state index contributed by atoms with van der Waals surface area (Å²) >= 11 is 0. The molecule has 2 heterocycles. The van der Waals surface area contributed by atoms with Crippen molar-refractivity contribution in [3.8, 4) is 34.3 Å². The Labute approximate surface area is 206 Å². The van der Waals surface area contributed by atoms with E-state index in [0.717, 1.165) is 38.6 Å². The molecule has 1 N–H and O–H groups in total. The number of ether oxygens (including phenoxy) is 4. The van der Waals surface area contributed by atoms with Gasteiger partial charge >= 0.3 is 18.5 Å². The van der Waals surface area contributed by atoms with Gasteiger partial charge in [0.1, 0.15) is 17.0 Å². The first-order valence-electron chi connectivity index (χ1n) is 10.2. The van der Waals surface area contributed by atoms with Crippen LogP contribution in [0.25, 0.3) is 11.3 Å². The summed E-state index contributed by atoms with van der Waals surface area (Å²) in [6.45, 7) is 2.63. The molecule has 0 spiro atoms. The Morgan fingerprint density at radius 3 is 2.24 bits per heavy atom. The van der Waals surface area contributed by atoms with Crippen LogP contribution < -0.4 is 19.6 Å². The average molecular weight is 534 g/mol. The number of alkyl halides is 6. The minimum Gasteiger partial charge on any atom is -0.493 e. The first-order chi connectivity index (χ1) is 17.2. The van der Waals surface area contributed by atoms with Crippen molar-refractivity contribution < 1.29 is 51.5 Å². The number of benzene rings is 1. The summed E-state index contributed by atoms with van der Waals surface area (Å²) < 4.78 is 97.1. The molecule has 2 aromatic heterocycles. The molecule has 0 bridgehead atoms. The standard InChI is InChI=1S/C23H18F6N2O6.H2/c1-10-19(31-11(2)18(20(10)32)21(33)35-4)13-8-17(22(24,25)26)30-9-16(13)36-14-6-5-12(7-15(14)34-3)37-23(27,28)29;/h5-9H,1-4H3,(H,31,32);1H. The maximum Gasteiger partial charge on any atom is 0.573 e. The van der Waals surface area contributed by atoms with Crippen LogP contribution in [0.15, 0.2) is 35.3 Å². The fourth-order valence-electron chi connectivity index (χ4n) is 3.35. The van der Waals surface area contributed by atoms with Crippen LogP contribution in [0.5, 0.6) is 23.0 Å². The first kappa shape index (κ1) is 27.4. The quantitative estimate of drug-likeness (QED) is 0.315. The minimum atomic E-state index is -4.98. The Hall–Kier alpha value is -4.23. The van der Waals surface area contributed by atoms with Gasteiger partial charge in [-0.3, -0.25) is 4.79 Å². The van der Waals surface area contributed by atoms with Gasteiger partial charge in [-0.25, -0.2) is 9.78 Å². The van der Waals surface area contributed by atoms with E-state index in [1.165, 1.54) is 13.8 Å². The first-order valence-corrected chi connectivity index (χ1v) is 10.2. The highest BCUT2D eigenvalue weighted by Gasteiger charge is 2.34. The zero-order valence-electron chi connectivity index (χ0n) is 19.6. The molecule has 0 aliphatic rings. The summed E-state index contributed by atoms with van der Waals surface area (Å²) in [5.41, 5.74) is -2.94. The number of methoxy groups -OCH3 is 2. The molecule has 200 valence electrons. The van der Waals surface area contributed by atoms with E-state index in [2.05, 4.69) is 19.4 Å². The number of aromatic nitrogens is 2. The summed E-state index contributed by atoms with van der Waals surface area (Å²) in [7, 11) is 2.19. The fourth-order valence-corrected chi connectivity index (χ4v) is 3.35. The van der Waals surface area contributed by atoms with Gasteiger partial charge < -0.3 is 23.9 Å². The van der Waals surface area contributed by atoms with Crippen LogP contribution in [0.2, 0.25) is 0 Å². The van der Waals surface area contributed by atoms with Gasteiger partial charge in [0.25, 0.3) is 0 Å². The highest BCUT2D eigenvalue weighted by atomic mass is 19.4. The molecule has 0 atom stereocenters. The van der Waals surface area contributed by atoms with Crippen LogP contribution in [-0.4, -0.2) is 36.5 Å². The molecule has 3 aromatic rings. The van der Waals surface area contributed by atoms with Crippen molar-refractivity contribution in [1.82, 2.24) is 9.97 Å². The Bertz CT molecular complexity index is 1400. The monoisotopic (exact) mass is 534 g/mol. The van der Waals surface area contributed by atoms with Crippen molar-refractivity contribution >= 4 is 5.97 Å². The predicted molar refractivity (Wildman–Crippen MR) is 118 cm³/mol. The van der Waals surface area contributed by atoms with Gasteiger partial charge in [-0.1, -0.05) is 0 Å². The Balaban J connectivity index is 0.00000507. The van der Waals surface area contributed by atoms with Crippen molar-refractivity contribution in [3.05, 3.63) is 63.2 Å². The van der Waals surface area contributed by atoms with Crippen molar-refractivity contribution in [3.63, 3.8) is 0 Å². The molecular formula is C23H20F6N2O6. The molecule has 0 unspecified atom stereocenters. The van der Waals surface area contributed by atoms with Crippen LogP contribution in [-0.2, 0) is 10.9 Å². The summed E-state index contributed by atoms with van der Waals surface area (Å²) in [5, 5.41) is 0. The smallest absolute Gasteiger partial charge is 0.493 e. The van der Waals surface area contributed by atoms with E-state index >= 15 is 0 Å². The topological polar surface area (TPSA) is 99.7 Å². The second-order valence-corrected chi connectivity index (χ2v) is 7.47. The second-order valence-electron chi connectivity index (χ2n) is 7.47. The third-order valence-corrected chi connectivity index (χ3v) is 5.04. The number of aryl methyl sites for hydroxylation is 1. The van der Waals surface area contributed by atoms with Gasteiger partial charge in [0.05, 0.1) is 26.1 Å². The van der Waals surface area contributed by atoms with E-state index in [4.69, 9.17) is 9.47 Å². The summed E-state index contributed by atoms with van der Waals surface area (Å²) in [6, 6.07) is 3.44. The Morgan fingerprint density at radius 2 is 1.68 bits per heavy atom.